The van der Waals surface area contributed by atoms with Gasteiger partial charge in [-0.05, 0) is 37.4 Å². The Balaban J connectivity index is 2.00. The molecule has 2 fully saturated rings. The molecule has 0 aromatic rings. The van der Waals surface area contributed by atoms with Gasteiger partial charge in [0, 0.05) is 19.0 Å². The minimum absolute atomic E-state index is 0.0999. The molecule has 2 rings (SSSR count). The van der Waals surface area contributed by atoms with Gasteiger partial charge in [-0.25, -0.2) is 0 Å². The number of rotatable bonds is 3. The summed E-state index contributed by atoms with van der Waals surface area (Å²) in [5.74, 6) is 0.555. The number of likely N-dealkylation sites (tertiary alicyclic amines) is 1. The number of hydrogen-bond donors (Lipinski definition) is 1. The number of thioether (sulfide) groups is 1. The predicted octanol–water partition coefficient (Wildman–Crippen LogP) is 2.82. The lowest BCUT2D eigenvalue weighted by atomic mass is 9.80. The number of carbonyl (C=O) groups excluding carboxylic acids is 1. The summed E-state index contributed by atoms with van der Waals surface area (Å²) in [6, 6.07) is 0. The first kappa shape index (κ1) is 16.1. The summed E-state index contributed by atoms with van der Waals surface area (Å²) >= 11 is 6.97. The quantitative estimate of drug-likeness (QED) is 0.814. The monoisotopic (exact) mass is 314 g/mol. The Hall–Kier alpha value is -0.290. The van der Waals surface area contributed by atoms with E-state index in [1.54, 1.807) is 11.8 Å². The van der Waals surface area contributed by atoms with Crippen LogP contribution in [0.4, 0.5) is 0 Å². The van der Waals surface area contributed by atoms with Crippen molar-refractivity contribution >= 4 is 34.9 Å². The largest absolute Gasteiger partial charge is 0.392 e. The molecule has 1 saturated heterocycles. The second-order valence-electron chi connectivity index (χ2n) is 6.82. The SMILES string of the molecule is CSC1(C(N)=S)CCN(C(=O)C2CCCC2(C)C)CC1. The molecule has 1 aliphatic heterocycles. The second kappa shape index (κ2) is 5.84. The molecule has 2 N–H and O–H groups in total. The van der Waals surface area contributed by atoms with Gasteiger partial charge in [-0.2, -0.15) is 11.8 Å². The van der Waals surface area contributed by atoms with E-state index < -0.39 is 0 Å². The smallest absolute Gasteiger partial charge is 0.226 e. The van der Waals surface area contributed by atoms with E-state index in [1.807, 2.05) is 4.90 Å². The molecule has 0 spiro atoms. The Kier molecular flexibility index (Phi) is 4.69. The van der Waals surface area contributed by atoms with Crippen LogP contribution >= 0.6 is 24.0 Å². The number of amides is 1. The summed E-state index contributed by atoms with van der Waals surface area (Å²) in [5, 5.41) is 0. The Labute approximate surface area is 132 Å². The van der Waals surface area contributed by atoms with Gasteiger partial charge in [0.25, 0.3) is 0 Å². The van der Waals surface area contributed by atoms with Crippen LogP contribution in [-0.2, 0) is 4.79 Å². The van der Waals surface area contributed by atoms with Crippen molar-refractivity contribution in [1.29, 1.82) is 0 Å². The Morgan fingerprint density at radius 2 is 1.90 bits per heavy atom. The second-order valence-corrected chi connectivity index (χ2v) is 8.45. The summed E-state index contributed by atoms with van der Waals surface area (Å²) in [5.41, 5.74) is 6.07. The first-order valence-corrected chi connectivity index (χ1v) is 9.09. The molecular formula is C15H26N2OS2. The Bertz CT molecular complexity index is 401. The Morgan fingerprint density at radius 1 is 1.30 bits per heavy atom. The predicted molar refractivity (Wildman–Crippen MR) is 90.0 cm³/mol. The van der Waals surface area contributed by atoms with E-state index in [-0.39, 0.29) is 16.1 Å². The van der Waals surface area contributed by atoms with E-state index in [1.165, 1.54) is 12.8 Å². The van der Waals surface area contributed by atoms with Gasteiger partial charge in [-0.15, -0.1) is 0 Å². The van der Waals surface area contributed by atoms with Crippen molar-refractivity contribution in [3.63, 3.8) is 0 Å². The van der Waals surface area contributed by atoms with E-state index in [0.717, 1.165) is 32.4 Å². The lowest BCUT2D eigenvalue weighted by molar-refractivity contribution is -0.139. The fourth-order valence-electron chi connectivity index (χ4n) is 3.64. The highest BCUT2D eigenvalue weighted by molar-refractivity contribution is 8.02. The third-order valence-electron chi connectivity index (χ3n) is 5.28. The van der Waals surface area contributed by atoms with Gasteiger partial charge in [-0.1, -0.05) is 32.5 Å². The van der Waals surface area contributed by atoms with E-state index in [2.05, 4.69) is 20.1 Å². The van der Waals surface area contributed by atoms with Crippen LogP contribution in [0.1, 0.15) is 46.0 Å². The Morgan fingerprint density at radius 3 is 2.30 bits per heavy atom. The van der Waals surface area contributed by atoms with Gasteiger partial charge in [0.15, 0.2) is 0 Å². The maximum absolute atomic E-state index is 12.7. The number of thiocarbonyl (C=S) groups is 1. The van der Waals surface area contributed by atoms with E-state index >= 15 is 0 Å². The van der Waals surface area contributed by atoms with Crippen LogP contribution in [-0.4, -0.2) is 39.9 Å². The van der Waals surface area contributed by atoms with Crippen molar-refractivity contribution in [1.82, 2.24) is 4.90 Å². The van der Waals surface area contributed by atoms with Gasteiger partial charge in [0.2, 0.25) is 5.91 Å². The first-order chi connectivity index (χ1) is 9.32. The van der Waals surface area contributed by atoms with Crippen LogP contribution in [0.2, 0.25) is 0 Å². The maximum Gasteiger partial charge on any atom is 0.226 e. The minimum atomic E-state index is -0.0999. The lowest BCUT2D eigenvalue weighted by Gasteiger charge is -2.42. The minimum Gasteiger partial charge on any atom is -0.392 e. The summed E-state index contributed by atoms with van der Waals surface area (Å²) in [4.78, 5) is 15.4. The molecule has 1 saturated carbocycles. The normalized spacial score (nSPS) is 28.4. The van der Waals surface area contributed by atoms with Gasteiger partial charge >= 0.3 is 0 Å². The van der Waals surface area contributed by atoms with Crippen molar-refractivity contribution in [2.45, 2.75) is 50.7 Å². The lowest BCUT2D eigenvalue weighted by Crippen LogP contribution is -2.52. The molecule has 0 aromatic heterocycles. The number of nitrogens with zero attached hydrogens (tertiary/aromatic N) is 1. The van der Waals surface area contributed by atoms with E-state index in [0.29, 0.717) is 10.9 Å². The highest BCUT2D eigenvalue weighted by Crippen LogP contribution is 2.44. The standard InChI is InChI=1S/C15H26N2OS2/c1-14(2)6-4-5-11(14)12(18)17-9-7-15(20-3,8-10-17)13(16)19/h11H,4-10H2,1-3H3,(H2,16,19). The average molecular weight is 315 g/mol. The molecular weight excluding hydrogens is 288 g/mol. The van der Waals surface area contributed by atoms with Crippen LogP contribution in [0.15, 0.2) is 0 Å². The molecule has 1 atom stereocenters. The van der Waals surface area contributed by atoms with Crippen LogP contribution in [0.5, 0.6) is 0 Å². The molecule has 1 aliphatic carbocycles. The zero-order chi connectivity index (χ0) is 15.0. The number of carbonyl (C=O) groups is 1. The van der Waals surface area contributed by atoms with Gasteiger partial charge in [0.1, 0.15) is 0 Å². The molecule has 0 bridgehead atoms. The molecule has 0 radical (unpaired) electrons. The molecule has 1 unspecified atom stereocenters. The van der Waals surface area contributed by atoms with E-state index in [9.17, 15) is 4.79 Å². The summed E-state index contributed by atoms with van der Waals surface area (Å²) in [7, 11) is 0. The fraction of sp³-hybridized carbons (Fsp3) is 0.867. The van der Waals surface area contributed by atoms with Crippen molar-refractivity contribution in [3.8, 4) is 0 Å². The number of piperidine rings is 1. The third kappa shape index (κ3) is 2.84. The third-order valence-corrected chi connectivity index (χ3v) is 7.21. The summed E-state index contributed by atoms with van der Waals surface area (Å²) in [6.45, 7) is 6.05. The molecule has 114 valence electrons. The highest BCUT2D eigenvalue weighted by Gasteiger charge is 2.44. The molecule has 1 amide bonds. The molecule has 1 heterocycles. The maximum atomic E-state index is 12.7. The number of nitrogens with two attached hydrogens (primary N) is 1. The molecule has 3 nitrogen and oxygen atoms in total. The van der Waals surface area contributed by atoms with Crippen molar-refractivity contribution in [2.75, 3.05) is 19.3 Å². The average Bonchev–Trinajstić information content (AvgIpc) is 2.77. The zero-order valence-corrected chi connectivity index (χ0v) is 14.4. The van der Waals surface area contributed by atoms with Crippen LogP contribution in [0.25, 0.3) is 0 Å². The van der Waals surface area contributed by atoms with Crippen LogP contribution in [0.3, 0.4) is 0 Å². The molecule has 20 heavy (non-hydrogen) atoms. The van der Waals surface area contributed by atoms with Crippen LogP contribution in [0, 0.1) is 11.3 Å². The topological polar surface area (TPSA) is 46.3 Å². The van der Waals surface area contributed by atoms with Gasteiger partial charge in [0.05, 0.1) is 9.74 Å². The molecule has 5 heteroatoms. The van der Waals surface area contributed by atoms with Crippen molar-refractivity contribution < 1.29 is 4.79 Å². The zero-order valence-electron chi connectivity index (χ0n) is 12.8. The molecule has 2 aliphatic rings. The van der Waals surface area contributed by atoms with E-state index in [4.69, 9.17) is 18.0 Å². The van der Waals surface area contributed by atoms with Crippen molar-refractivity contribution in [3.05, 3.63) is 0 Å². The van der Waals surface area contributed by atoms with Crippen molar-refractivity contribution in [2.24, 2.45) is 17.1 Å². The van der Waals surface area contributed by atoms with Crippen LogP contribution < -0.4 is 5.73 Å². The fourth-order valence-corrected chi connectivity index (χ4v) is 4.89. The summed E-state index contributed by atoms with van der Waals surface area (Å²) < 4.78 is -0.0999. The molecule has 0 aromatic carbocycles. The first-order valence-electron chi connectivity index (χ1n) is 7.46. The van der Waals surface area contributed by atoms with Gasteiger partial charge in [-0.3, -0.25) is 4.79 Å². The van der Waals surface area contributed by atoms with Gasteiger partial charge < -0.3 is 10.6 Å². The summed E-state index contributed by atoms with van der Waals surface area (Å²) in [6.07, 6.45) is 7.24. The highest BCUT2D eigenvalue weighted by atomic mass is 32.2. The number of hydrogen-bond acceptors (Lipinski definition) is 3.